The van der Waals surface area contributed by atoms with Crippen LogP contribution >= 0.6 is 0 Å². The molecule has 0 saturated heterocycles. The van der Waals surface area contributed by atoms with Crippen LogP contribution in [-0.4, -0.2) is 21.4 Å². The van der Waals surface area contributed by atoms with Crippen LogP contribution in [0.25, 0.3) is 16.6 Å². The molecule has 0 spiro atoms. The number of halogens is 1. The Morgan fingerprint density at radius 1 is 0.900 bits per heavy atom. The van der Waals surface area contributed by atoms with Gasteiger partial charge in [-0.3, -0.25) is 9.59 Å². The van der Waals surface area contributed by atoms with Crippen LogP contribution in [-0.2, 0) is 17.6 Å². The van der Waals surface area contributed by atoms with E-state index < -0.39 is 5.97 Å². The highest BCUT2D eigenvalue weighted by Gasteiger charge is 2.17. The number of rotatable bonds is 7. The number of para-hydroxylation sites is 1. The summed E-state index contributed by atoms with van der Waals surface area (Å²) in [5.41, 5.74) is 3.98. The lowest BCUT2D eigenvalue weighted by atomic mass is 10.0. The van der Waals surface area contributed by atoms with E-state index in [1.807, 2.05) is 59.3 Å². The molecule has 0 saturated carbocycles. The SMILES string of the molecule is O=C(O)CCc1ccc2c(c1)c(C(=O)Cc1ccc(F)cc1)cn2-c1ccccc1. The molecular weight excluding hydrogens is 381 g/mol. The predicted molar refractivity (Wildman–Crippen MR) is 114 cm³/mol. The maximum absolute atomic E-state index is 13.2. The van der Waals surface area contributed by atoms with Crippen LogP contribution in [0.5, 0.6) is 0 Å². The van der Waals surface area contributed by atoms with Gasteiger partial charge in [-0.15, -0.1) is 0 Å². The molecule has 0 fully saturated rings. The summed E-state index contributed by atoms with van der Waals surface area (Å²) in [6.45, 7) is 0. The lowest BCUT2D eigenvalue weighted by molar-refractivity contribution is -0.136. The molecule has 0 unspecified atom stereocenters. The molecule has 0 bridgehead atoms. The van der Waals surface area contributed by atoms with Crippen molar-refractivity contribution in [2.75, 3.05) is 0 Å². The molecule has 0 aliphatic heterocycles. The van der Waals surface area contributed by atoms with Crippen molar-refractivity contribution in [2.45, 2.75) is 19.3 Å². The van der Waals surface area contributed by atoms with Gasteiger partial charge in [0.05, 0.1) is 5.52 Å². The number of Topliss-reactive ketones (excluding diaryl/α,β-unsaturated/α-hetero) is 1. The Labute approximate surface area is 173 Å². The van der Waals surface area contributed by atoms with Gasteiger partial charge < -0.3 is 9.67 Å². The molecule has 0 aliphatic carbocycles. The fourth-order valence-electron chi connectivity index (χ4n) is 3.59. The smallest absolute Gasteiger partial charge is 0.303 e. The van der Waals surface area contributed by atoms with E-state index in [1.54, 1.807) is 12.1 Å². The number of carbonyl (C=O) groups excluding carboxylic acids is 1. The van der Waals surface area contributed by atoms with Gasteiger partial charge in [-0.25, -0.2) is 4.39 Å². The summed E-state index contributed by atoms with van der Waals surface area (Å²) in [5.74, 6) is -1.27. The van der Waals surface area contributed by atoms with Gasteiger partial charge in [-0.05, 0) is 53.9 Å². The molecule has 4 aromatic rings. The number of aromatic nitrogens is 1. The van der Waals surface area contributed by atoms with Crippen LogP contribution in [0.15, 0.2) is 79.0 Å². The van der Waals surface area contributed by atoms with Gasteiger partial charge in [0.1, 0.15) is 5.82 Å². The van der Waals surface area contributed by atoms with Crippen molar-refractivity contribution in [3.8, 4) is 5.69 Å². The zero-order valence-electron chi connectivity index (χ0n) is 16.2. The molecule has 1 heterocycles. The zero-order valence-corrected chi connectivity index (χ0v) is 16.2. The fraction of sp³-hybridized carbons (Fsp3) is 0.120. The van der Waals surface area contributed by atoms with Gasteiger partial charge in [0.25, 0.3) is 0 Å². The Bertz CT molecular complexity index is 1210. The molecule has 3 aromatic carbocycles. The number of aliphatic carboxylic acids is 1. The second-order valence-electron chi connectivity index (χ2n) is 7.22. The van der Waals surface area contributed by atoms with E-state index >= 15 is 0 Å². The van der Waals surface area contributed by atoms with E-state index in [1.165, 1.54) is 12.1 Å². The number of hydrogen-bond acceptors (Lipinski definition) is 2. The monoisotopic (exact) mass is 401 g/mol. The Kier molecular flexibility index (Phi) is 5.44. The summed E-state index contributed by atoms with van der Waals surface area (Å²) in [4.78, 5) is 24.1. The summed E-state index contributed by atoms with van der Waals surface area (Å²) >= 11 is 0. The van der Waals surface area contributed by atoms with Crippen LogP contribution in [0.4, 0.5) is 4.39 Å². The lowest BCUT2D eigenvalue weighted by Crippen LogP contribution is -2.03. The van der Waals surface area contributed by atoms with Crippen molar-refractivity contribution in [3.63, 3.8) is 0 Å². The van der Waals surface area contributed by atoms with Gasteiger partial charge in [-0.1, -0.05) is 36.4 Å². The zero-order chi connectivity index (χ0) is 21.1. The topological polar surface area (TPSA) is 59.3 Å². The van der Waals surface area contributed by atoms with Gasteiger partial charge in [0, 0.05) is 35.7 Å². The maximum Gasteiger partial charge on any atom is 0.303 e. The number of ketones is 1. The molecule has 0 atom stereocenters. The highest BCUT2D eigenvalue weighted by molar-refractivity contribution is 6.09. The minimum Gasteiger partial charge on any atom is -0.481 e. The molecule has 5 heteroatoms. The maximum atomic E-state index is 13.2. The van der Waals surface area contributed by atoms with E-state index in [2.05, 4.69) is 0 Å². The highest BCUT2D eigenvalue weighted by Crippen LogP contribution is 2.28. The van der Waals surface area contributed by atoms with Gasteiger partial charge >= 0.3 is 5.97 Å². The summed E-state index contributed by atoms with van der Waals surface area (Å²) in [7, 11) is 0. The third-order valence-electron chi connectivity index (χ3n) is 5.11. The number of hydrogen-bond donors (Lipinski definition) is 1. The Morgan fingerprint density at radius 2 is 1.60 bits per heavy atom. The average molecular weight is 401 g/mol. The summed E-state index contributed by atoms with van der Waals surface area (Å²) in [6, 6.07) is 21.4. The van der Waals surface area contributed by atoms with Crippen LogP contribution in [0.1, 0.15) is 27.9 Å². The molecule has 150 valence electrons. The largest absolute Gasteiger partial charge is 0.481 e. The molecule has 1 aromatic heterocycles. The average Bonchev–Trinajstić information content (AvgIpc) is 3.13. The first kappa shape index (κ1) is 19.6. The first-order chi connectivity index (χ1) is 14.5. The number of nitrogens with zero attached hydrogens (tertiary/aromatic N) is 1. The molecule has 0 aliphatic rings. The second kappa shape index (κ2) is 8.33. The van der Waals surface area contributed by atoms with Gasteiger partial charge in [-0.2, -0.15) is 0 Å². The predicted octanol–water partition coefficient (Wildman–Crippen LogP) is 5.21. The van der Waals surface area contributed by atoms with E-state index in [0.29, 0.717) is 12.0 Å². The van der Waals surface area contributed by atoms with Crippen molar-refractivity contribution in [3.05, 3.63) is 102 Å². The Balaban J connectivity index is 1.77. The number of benzene rings is 3. The quantitative estimate of drug-likeness (QED) is 0.432. The van der Waals surface area contributed by atoms with E-state index in [0.717, 1.165) is 27.7 Å². The molecule has 0 radical (unpaired) electrons. The number of carbonyl (C=O) groups is 2. The normalized spacial score (nSPS) is 11.0. The summed E-state index contributed by atoms with van der Waals surface area (Å²) in [5, 5.41) is 9.77. The Hall–Kier alpha value is -3.73. The summed E-state index contributed by atoms with van der Waals surface area (Å²) < 4.78 is 15.2. The first-order valence-electron chi connectivity index (χ1n) is 9.70. The van der Waals surface area contributed by atoms with E-state index in [4.69, 9.17) is 5.11 Å². The lowest BCUT2D eigenvalue weighted by Gasteiger charge is -2.06. The van der Waals surface area contributed by atoms with E-state index in [-0.39, 0.29) is 24.4 Å². The minimum absolute atomic E-state index is 0.0315. The second-order valence-corrected chi connectivity index (χ2v) is 7.22. The number of carboxylic acids is 1. The van der Waals surface area contributed by atoms with Crippen molar-refractivity contribution >= 4 is 22.7 Å². The molecule has 0 amide bonds. The molecule has 30 heavy (non-hydrogen) atoms. The van der Waals surface area contributed by atoms with Crippen LogP contribution in [0.3, 0.4) is 0 Å². The van der Waals surface area contributed by atoms with Crippen LogP contribution in [0, 0.1) is 5.82 Å². The fourth-order valence-corrected chi connectivity index (χ4v) is 3.59. The Morgan fingerprint density at radius 3 is 2.30 bits per heavy atom. The van der Waals surface area contributed by atoms with Gasteiger partial charge in [0.2, 0.25) is 0 Å². The van der Waals surface area contributed by atoms with Crippen molar-refractivity contribution in [1.82, 2.24) is 4.57 Å². The number of carboxylic acid groups (broad SMARTS) is 1. The molecule has 4 nitrogen and oxygen atoms in total. The van der Waals surface area contributed by atoms with Crippen LogP contribution in [0.2, 0.25) is 0 Å². The van der Waals surface area contributed by atoms with Crippen molar-refractivity contribution < 1.29 is 19.1 Å². The van der Waals surface area contributed by atoms with Crippen molar-refractivity contribution in [2.24, 2.45) is 0 Å². The molecular formula is C25H20FNO3. The number of aryl methyl sites for hydroxylation is 1. The first-order valence-corrected chi connectivity index (χ1v) is 9.70. The third kappa shape index (κ3) is 4.15. The third-order valence-corrected chi connectivity index (χ3v) is 5.11. The summed E-state index contributed by atoms with van der Waals surface area (Å²) in [6.07, 6.45) is 2.41. The molecule has 1 N–H and O–H groups in total. The van der Waals surface area contributed by atoms with E-state index in [9.17, 15) is 14.0 Å². The number of fused-ring (bicyclic) bond motifs is 1. The van der Waals surface area contributed by atoms with Gasteiger partial charge in [0.15, 0.2) is 5.78 Å². The highest BCUT2D eigenvalue weighted by atomic mass is 19.1. The van der Waals surface area contributed by atoms with Crippen LogP contribution < -0.4 is 0 Å². The standard InChI is InChI=1S/C25H20FNO3/c26-19-10-6-18(7-11-19)15-24(28)22-16-27(20-4-2-1-3-5-20)23-12-8-17(14-21(22)23)9-13-25(29)30/h1-8,10-12,14,16H,9,13,15H2,(H,29,30). The molecule has 4 rings (SSSR count). The van der Waals surface area contributed by atoms with Crippen molar-refractivity contribution in [1.29, 1.82) is 0 Å². The minimum atomic E-state index is -0.857.